The predicted octanol–water partition coefficient (Wildman–Crippen LogP) is 1.34. The van der Waals surface area contributed by atoms with Crippen LogP contribution in [0.1, 0.15) is 23.3 Å². The van der Waals surface area contributed by atoms with Crippen LogP contribution >= 0.6 is 0 Å². The number of esters is 1. The maximum atomic E-state index is 12.9. The number of alkyl halides is 3. The molecule has 4 aromatic rings. The van der Waals surface area contributed by atoms with Crippen molar-refractivity contribution in [1.29, 1.82) is 0 Å². The number of hydrogen-bond donors (Lipinski definition) is 5. The molecule has 0 amide bonds. The van der Waals surface area contributed by atoms with Crippen LogP contribution in [-0.4, -0.2) is 109 Å². The molecule has 6 atom stereocenters. The minimum Gasteiger partial charge on any atom is -0.451 e. The predicted molar refractivity (Wildman–Crippen MR) is 156 cm³/mol. The molecule has 0 radical (unpaired) electrons. The second-order valence-corrected chi connectivity index (χ2v) is 11.1. The average Bonchev–Trinajstić information content (AvgIpc) is 3.72. The molecule has 2 aliphatic rings. The maximum Gasteiger partial charge on any atom is 0.490 e. The number of halogens is 3. The van der Waals surface area contributed by atoms with Crippen molar-refractivity contribution in [3.8, 4) is 0 Å². The minimum absolute atomic E-state index is 0.0379. The lowest BCUT2D eigenvalue weighted by molar-refractivity contribution is -0.207. The van der Waals surface area contributed by atoms with E-state index in [1.54, 1.807) is 0 Å². The fourth-order valence-electron chi connectivity index (χ4n) is 5.70. The Hall–Kier alpha value is -4.35. The summed E-state index contributed by atoms with van der Waals surface area (Å²) in [6.45, 7) is -0.820. The highest BCUT2D eigenvalue weighted by Gasteiger charge is 2.46. The summed E-state index contributed by atoms with van der Waals surface area (Å²) in [6.07, 6.45) is -12.0. The van der Waals surface area contributed by atoms with E-state index in [1.807, 2.05) is 60.7 Å². The molecule has 46 heavy (non-hydrogen) atoms. The van der Waals surface area contributed by atoms with Gasteiger partial charge in [-0.1, -0.05) is 60.7 Å². The van der Waals surface area contributed by atoms with E-state index >= 15 is 0 Å². The van der Waals surface area contributed by atoms with Crippen LogP contribution in [0.4, 0.5) is 24.9 Å². The topological polar surface area (TPSA) is 175 Å². The van der Waals surface area contributed by atoms with E-state index in [4.69, 9.17) is 4.74 Å². The molecule has 0 aliphatic carbocycles. The Bertz CT molecular complexity index is 1620. The van der Waals surface area contributed by atoms with E-state index < -0.39 is 55.5 Å². The van der Waals surface area contributed by atoms with Crippen molar-refractivity contribution in [3.63, 3.8) is 0 Å². The lowest BCUT2D eigenvalue weighted by Crippen LogP contribution is -2.36. The molecule has 2 saturated heterocycles. The van der Waals surface area contributed by atoms with Crippen LogP contribution in [0.2, 0.25) is 0 Å². The molecular weight excluding hydrogens is 613 g/mol. The van der Waals surface area contributed by atoms with Crippen molar-refractivity contribution in [3.05, 3.63) is 78.1 Å². The monoisotopic (exact) mass is 644 g/mol. The Labute approximate surface area is 259 Å². The number of aromatic nitrogens is 4. The van der Waals surface area contributed by atoms with E-state index in [0.29, 0.717) is 6.54 Å². The number of imidazole rings is 1. The number of nitrogens with zero attached hydrogens (tertiary/aromatic N) is 5. The van der Waals surface area contributed by atoms with Crippen LogP contribution < -0.4 is 10.2 Å². The van der Waals surface area contributed by atoms with Crippen LogP contribution in [-0.2, 0) is 14.3 Å². The molecule has 5 N–H and O–H groups in total. The number of aliphatic hydroxyl groups excluding tert-OH is 4. The van der Waals surface area contributed by atoms with Gasteiger partial charge in [-0.3, -0.25) is 4.57 Å². The summed E-state index contributed by atoms with van der Waals surface area (Å²) in [5, 5.41) is 44.5. The van der Waals surface area contributed by atoms with Gasteiger partial charge < -0.3 is 40.1 Å². The highest BCUT2D eigenvalue weighted by atomic mass is 19.4. The molecule has 16 heteroatoms. The van der Waals surface area contributed by atoms with Gasteiger partial charge in [0.25, 0.3) is 0 Å². The van der Waals surface area contributed by atoms with Gasteiger partial charge >= 0.3 is 12.1 Å². The van der Waals surface area contributed by atoms with Gasteiger partial charge in [-0.25, -0.2) is 9.78 Å². The standard InChI is InChI=1S/C30H31F3N6O7/c31-30(32,33)28(44)46-20-13-38(12-19(20)41)29-36-25(34-11-18(16-7-3-1-4-8-16)17-9-5-2-6-10-17)22-26(37-29)39(15-35-22)27-24(43)23(42)21(14-40)45-27/h1-10,15,18-21,23-24,27,40-43H,11-14H2,(H,34,36,37)/t19-,20-,21+,23+,24+,27+/m0/s1. The number of fused-ring (bicyclic) bond motifs is 1. The Morgan fingerprint density at radius 3 is 2.24 bits per heavy atom. The number of β-amino-alcohol motifs (C(OH)–C–C–N with tert-alkyl or cyclic N) is 1. The van der Waals surface area contributed by atoms with E-state index in [9.17, 15) is 38.4 Å². The molecule has 0 bridgehead atoms. The van der Waals surface area contributed by atoms with Crippen molar-refractivity contribution >= 4 is 28.9 Å². The van der Waals surface area contributed by atoms with Gasteiger partial charge in [0.2, 0.25) is 5.95 Å². The molecule has 4 heterocycles. The summed E-state index contributed by atoms with van der Waals surface area (Å²) in [5.74, 6) is -2.37. The SMILES string of the molecule is O=C(O[C@H]1CN(c2nc(NCC(c3ccccc3)c3ccccc3)c3ncn([C@@H]4O[C@H](CO)[C@@H](O)[C@H]4O)c3n2)C[C@@H]1O)C(F)(F)F. The number of carbonyl (C=O) groups excluding carboxylic acids is 1. The second kappa shape index (κ2) is 12.8. The number of anilines is 2. The van der Waals surface area contributed by atoms with Gasteiger partial charge in [0, 0.05) is 12.5 Å². The summed E-state index contributed by atoms with van der Waals surface area (Å²) in [7, 11) is 0. The molecule has 2 aromatic heterocycles. The molecule has 2 fully saturated rings. The normalized spacial score (nSPS) is 25.0. The van der Waals surface area contributed by atoms with Crippen LogP contribution in [0.3, 0.4) is 0 Å². The summed E-state index contributed by atoms with van der Waals surface area (Å²) in [6, 6.07) is 19.5. The third-order valence-corrected chi connectivity index (χ3v) is 8.09. The summed E-state index contributed by atoms with van der Waals surface area (Å²) in [5.41, 5.74) is 2.41. The molecule has 2 aliphatic heterocycles. The number of ether oxygens (including phenoxy) is 2. The summed E-state index contributed by atoms with van der Waals surface area (Å²) in [4.78, 5) is 26.4. The van der Waals surface area contributed by atoms with Crippen molar-refractivity contribution < 1.29 is 47.9 Å². The first kappa shape index (κ1) is 31.6. The van der Waals surface area contributed by atoms with E-state index in [1.165, 1.54) is 15.8 Å². The van der Waals surface area contributed by atoms with E-state index in [2.05, 4.69) is 25.0 Å². The first-order valence-electron chi connectivity index (χ1n) is 14.5. The molecule has 13 nitrogen and oxygen atoms in total. The molecule has 244 valence electrons. The quantitative estimate of drug-likeness (QED) is 0.166. The number of carbonyl (C=O) groups is 1. The number of nitrogens with one attached hydrogen (secondary N) is 1. The van der Waals surface area contributed by atoms with Gasteiger partial charge in [-0.05, 0) is 11.1 Å². The lowest BCUT2D eigenvalue weighted by Gasteiger charge is -2.22. The Balaban J connectivity index is 1.36. The molecule has 2 aromatic carbocycles. The third-order valence-electron chi connectivity index (χ3n) is 8.09. The zero-order chi connectivity index (χ0) is 32.6. The molecule has 0 unspecified atom stereocenters. The minimum atomic E-state index is -5.24. The fraction of sp³-hybridized carbons (Fsp3) is 0.400. The van der Waals surface area contributed by atoms with Crippen LogP contribution in [0.5, 0.6) is 0 Å². The molecule has 0 spiro atoms. The molecule has 0 saturated carbocycles. The summed E-state index contributed by atoms with van der Waals surface area (Å²) < 4.78 is 50.2. The number of rotatable bonds is 9. The average molecular weight is 645 g/mol. The molecular formula is C30H31F3N6O7. The Morgan fingerprint density at radius 1 is 1.00 bits per heavy atom. The van der Waals surface area contributed by atoms with Crippen LogP contribution in [0.25, 0.3) is 11.2 Å². The van der Waals surface area contributed by atoms with Crippen LogP contribution in [0.15, 0.2) is 67.0 Å². The van der Waals surface area contributed by atoms with Crippen molar-refractivity contribution in [2.24, 2.45) is 0 Å². The first-order chi connectivity index (χ1) is 22.0. The van der Waals surface area contributed by atoms with Gasteiger partial charge in [-0.15, -0.1) is 0 Å². The fourth-order valence-corrected chi connectivity index (χ4v) is 5.70. The number of benzene rings is 2. The van der Waals surface area contributed by atoms with Crippen molar-refractivity contribution in [2.75, 3.05) is 36.5 Å². The van der Waals surface area contributed by atoms with E-state index in [0.717, 1.165) is 11.1 Å². The zero-order valence-corrected chi connectivity index (χ0v) is 24.1. The smallest absolute Gasteiger partial charge is 0.451 e. The molecule has 6 rings (SSSR count). The van der Waals surface area contributed by atoms with Gasteiger partial charge in [0.05, 0.1) is 26.0 Å². The van der Waals surface area contributed by atoms with Crippen molar-refractivity contribution in [2.45, 2.75) is 48.8 Å². The van der Waals surface area contributed by atoms with Gasteiger partial charge in [0.15, 0.2) is 23.2 Å². The largest absolute Gasteiger partial charge is 0.490 e. The van der Waals surface area contributed by atoms with Gasteiger partial charge in [-0.2, -0.15) is 23.1 Å². The van der Waals surface area contributed by atoms with E-state index in [-0.39, 0.29) is 41.9 Å². The Morgan fingerprint density at radius 2 is 1.65 bits per heavy atom. The van der Waals surface area contributed by atoms with Gasteiger partial charge in [0.1, 0.15) is 30.5 Å². The summed E-state index contributed by atoms with van der Waals surface area (Å²) >= 11 is 0. The number of aliphatic hydroxyl groups is 4. The third kappa shape index (κ3) is 6.21. The highest BCUT2D eigenvalue weighted by Crippen LogP contribution is 2.34. The highest BCUT2D eigenvalue weighted by molar-refractivity contribution is 5.84. The van der Waals surface area contributed by atoms with Crippen molar-refractivity contribution in [1.82, 2.24) is 19.5 Å². The maximum absolute atomic E-state index is 12.9. The second-order valence-electron chi connectivity index (χ2n) is 11.1. The zero-order valence-electron chi connectivity index (χ0n) is 24.1. The number of hydrogen-bond acceptors (Lipinski definition) is 12. The Kier molecular flexibility index (Phi) is 8.80. The van der Waals surface area contributed by atoms with Crippen LogP contribution in [0, 0.1) is 0 Å². The lowest BCUT2D eigenvalue weighted by atomic mass is 9.91. The first-order valence-corrected chi connectivity index (χ1v) is 14.5.